The van der Waals surface area contributed by atoms with Crippen LogP contribution in [0.1, 0.15) is 24.3 Å². The Hall–Kier alpha value is -0.870. The fourth-order valence-corrected chi connectivity index (χ4v) is 3.02. The van der Waals surface area contributed by atoms with E-state index in [4.69, 9.17) is 10.00 Å². The Labute approximate surface area is 118 Å². The number of carbonyl (C=O) groups is 1. The first-order valence-corrected chi connectivity index (χ1v) is 6.95. The minimum absolute atomic E-state index is 0.0875. The Kier molecular flexibility index (Phi) is 5.15. The summed E-state index contributed by atoms with van der Waals surface area (Å²) in [6, 6.07) is 3.91. The maximum atomic E-state index is 11.6. The van der Waals surface area contributed by atoms with E-state index in [0.29, 0.717) is 5.57 Å². The van der Waals surface area contributed by atoms with E-state index in [2.05, 4.69) is 22.6 Å². The molecule has 0 aliphatic heterocycles. The summed E-state index contributed by atoms with van der Waals surface area (Å²) in [6.07, 6.45) is 0. The van der Waals surface area contributed by atoms with Crippen LogP contribution in [-0.2, 0) is 9.53 Å². The smallest absolute Gasteiger partial charge is 0.349 e. The van der Waals surface area contributed by atoms with Crippen molar-refractivity contribution in [3.05, 3.63) is 25.0 Å². The average molecular weight is 361 g/mol. The SMILES string of the molecule is CCOC(=O)/C(C#N)=C(/C)c1cc(C)c(I)s1. The predicted molar refractivity (Wildman–Crippen MR) is 76.6 cm³/mol. The average Bonchev–Trinajstić information content (AvgIpc) is 2.60. The zero-order valence-electron chi connectivity index (χ0n) is 9.83. The first-order valence-electron chi connectivity index (χ1n) is 5.05. The Morgan fingerprint density at radius 3 is 2.71 bits per heavy atom. The van der Waals surface area contributed by atoms with Gasteiger partial charge in [-0.05, 0) is 60.6 Å². The third-order valence-corrected chi connectivity index (χ3v) is 4.85. The first kappa shape index (κ1) is 14.2. The second kappa shape index (κ2) is 6.17. The van der Waals surface area contributed by atoms with E-state index < -0.39 is 5.97 Å². The topological polar surface area (TPSA) is 50.1 Å². The normalized spacial score (nSPS) is 11.7. The molecule has 1 rings (SSSR count). The van der Waals surface area contributed by atoms with Crippen molar-refractivity contribution in [1.29, 1.82) is 5.26 Å². The Bertz CT molecular complexity index is 492. The largest absolute Gasteiger partial charge is 0.462 e. The summed E-state index contributed by atoms with van der Waals surface area (Å²) in [5.74, 6) is -0.548. The maximum Gasteiger partial charge on any atom is 0.349 e. The van der Waals surface area contributed by atoms with Crippen molar-refractivity contribution in [1.82, 2.24) is 0 Å². The van der Waals surface area contributed by atoms with E-state index in [1.165, 1.54) is 0 Å². The van der Waals surface area contributed by atoms with Crippen LogP contribution < -0.4 is 0 Å². The molecule has 1 aromatic rings. The van der Waals surface area contributed by atoms with Gasteiger partial charge in [0.05, 0.1) is 9.49 Å². The van der Waals surface area contributed by atoms with Gasteiger partial charge in [0.15, 0.2) is 0 Å². The monoisotopic (exact) mass is 361 g/mol. The molecule has 17 heavy (non-hydrogen) atoms. The summed E-state index contributed by atoms with van der Waals surface area (Å²) in [5, 5.41) is 9.02. The molecule has 0 spiro atoms. The minimum Gasteiger partial charge on any atom is -0.462 e. The highest BCUT2D eigenvalue weighted by molar-refractivity contribution is 14.1. The fraction of sp³-hybridized carbons (Fsp3) is 0.333. The van der Waals surface area contributed by atoms with Gasteiger partial charge in [0.2, 0.25) is 0 Å². The van der Waals surface area contributed by atoms with Gasteiger partial charge in [0.25, 0.3) is 0 Å². The number of thiophene rings is 1. The molecule has 1 aromatic heterocycles. The van der Waals surface area contributed by atoms with Crippen molar-refractivity contribution in [3.8, 4) is 6.07 Å². The molecule has 1 heterocycles. The molecule has 0 N–H and O–H groups in total. The quantitative estimate of drug-likeness (QED) is 0.358. The number of hydrogen-bond donors (Lipinski definition) is 0. The lowest BCUT2D eigenvalue weighted by atomic mass is 10.1. The summed E-state index contributed by atoms with van der Waals surface area (Å²) >= 11 is 3.82. The van der Waals surface area contributed by atoms with Crippen molar-refractivity contribution < 1.29 is 9.53 Å². The van der Waals surface area contributed by atoms with Crippen LogP contribution in [0.4, 0.5) is 0 Å². The number of esters is 1. The minimum atomic E-state index is -0.548. The second-order valence-corrected chi connectivity index (χ2v) is 6.26. The number of halogens is 1. The van der Waals surface area contributed by atoms with Gasteiger partial charge < -0.3 is 4.74 Å². The Balaban J connectivity index is 3.18. The molecule has 0 unspecified atom stereocenters. The number of nitriles is 1. The molecule has 0 aliphatic rings. The molecule has 0 aromatic carbocycles. The zero-order valence-corrected chi connectivity index (χ0v) is 12.8. The summed E-state index contributed by atoms with van der Waals surface area (Å²) in [5.41, 5.74) is 1.93. The molecule has 0 bridgehead atoms. The van der Waals surface area contributed by atoms with Crippen LogP contribution in [0.2, 0.25) is 0 Å². The van der Waals surface area contributed by atoms with Crippen LogP contribution in [0.25, 0.3) is 5.57 Å². The van der Waals surface area contributed by atoms with Crippen LogP contribution in [-0.4, -0.2) is 12.6 Å². The van der Waals surface area contributed by atoms with Gasteiger partial charge >= 0.3 is 5.97 Å². The number of aryl methyl sites for hydroxylation is 1. The van der Waals surface area contributed by atoms with Crippen molar-refractivity contribution in [2.45, 2.75) is 20.8 Å². The van der Waals surface area contributed by atoms with E-state index >= 15 is 0 Å². The Morgan fingerprint density at radius 1 is 1.65 bits per heavy atom. The molecule has 0 amide bonds. The lowest BCUT2D eigenvalue weighted by Gasteiger charge is -2.03. The number of carbonyl (C=O) groups excluding carboxylic acids is 1. The lowest BCUT2D eigenvalue weighted by Crippen LogP contribution is -2.07. The molecule has 0 saturated carbocycles. The molecular formula is C12H12INO2S. The van der Waals surface area contributed by atoms with Crippen molar-refractivity contribution in [2.75, 3.05) is 6.61 Å². The molecule has 0 radical (unpaired) electrons. The standard InChI is InChI=1S/C12H12INO2S/c1-4-16-12(15)9(6-14)8(3)10-5-7(2)11(13)17-10/h5H,4H2,1-3H3/b9-8-. The van der Waals surface area contributed by atoms with Gasteiger partial charge in [-0.3, -0.25) is 0 Å². The van der Waals surface area contributed by atoms with E-state index in [9.17, 15) is 4.79 Å². The molecule has 0 atom stereocenters. The highest BCUT2D eigenvalue weighted by Crippen LogP contribution is 2.30. The van der Waals surface area contributed by atoms with Crippen molar-refractivity contribution in [3.63, 3.8) is 0 Å². The fourth-order valence-electron chi connectivity index (χ4n) is 1.25. The molecule has 90 valence electrons. The van der Waals surface area contributed by atoms with E-state index in [-0.39, 0.29) is 12.2 Å². The summed E-state index contributed by atoms with van der Waals surface area (Å²) in [7, 11) is 0. The van der Waals surface area contributed by atoms with Gasteiger partial charge in [-0.25, -0.2) is 4.79 Å². The van der Waals surface area contributed by atoms with Crippen molar-refractivity contribution >= 4 is 45.5 Å². The highest BCUT2D eigenvalue weighted by atomic mass is 127. The Morgan fingerprint density at radius 2 is 2.29 bits per heavy atom. The number of allylic oxidation sites excluding steroid dienone is 1. The highest BCUT2D eigenvalue weighted by Gasteiger charge is 2.16. The summed E-state index contributed by atoms with van der Waals surface area (Å²) in [4.78, 5) is 12.5. The number of hydrogen-bond acceptors (Lipinski definition) is 4. The first-order chi connectivity index (χ1) is 8.01. The van der Waals surface area contributed by atoms with E-state index in [1.807, 2.05) is 19.1 Å². The second-order valence-electron chi connectivity index (χ2n) is 3.40. The number of nitrogens with zero attached hydrogens (tertiary/aromatic N) is 1. The van der Waals surface area contributed by atoms with E-state index in [1.54, 1.807) is 25.2 Å². The number of ether oxygens (including phenoxy) is 1. The van der Waals surface area contributed by atoms with Gasteiger partial charge in [-0.2, -0.15) is 5.26 Å². The van der Waals surface area contributed by atoms with Crippen LogP contribution in [0.5, 0.6) is 0 Å². The molecule has 5 heteroatoms. The van der Waals surface area contributed by atoms with Crippen LogP contribution in [0.3, 0.4) is 0 Å². The molecule has 0 fully saturated rings. The van der Waals surface area contributed by atoms with Crippen molar-refractivity contribution in [2.24, 2.45) is 0 Å². The molecule has 0 saturated heterocycles. The summed E-state index contributed by atoms with van der Waals surface area (Å²) < 4.78 is 6.02. The number of rotatable bonds is 3. The van der Waals surface area contributed by atoms with Crippen LogP contribution >= 0.6 is 33.9 Å². The van der Waals surface area contributed by atoms with E-state index in [0.717, 1.165) is 13.3 Å². The third-order valence-electron chi connectivity index (χ3n) is 2.19. The maximum absolute atomic E-state index is 11.6. The van der Waals surface area contributed by atoms with Gasteiger partial charge in [0, 0.05) is 4.88 Å². The molecule has 3 nitrogen and oxygen atoms in total. The molecule has 0 aliphatic carbocycles. The third kappa shape index (κ3) is 3.30. The van der Waals surface area contributed by atoms with Gasteiger partial charge in [-0.15, -0.1) is 11.3 Å². The lowest BCUT2D eigenvalue weighted by molar-refractivity contribution is -0.137. The van der Waals surface area contributed by atoms with Gasteiger partial charge in [0.1, 0.15) is 11.6 Å². The van der Waals surface area contributed by atoms with Gasteiger partial charge in [-0.1, -0.05) is 0 Å². The summed E-state index contributed by atoms with van der Waals surface area (Å²) in [6.45, 7) is 5.78. The predicted octanol–water partition coefficient (Wildman–Crippen LogP) is 3.52. The zero-order chi connectivity index (χ0) is 13.0. The molecular weight excluding hydrogens is 349 g/mol. The van der Waals surface area contributed by atoms with Crippen LogP contribution in [0.15, 0.2) is 11.6 Å². The van der Waals surface area contributed by atoms with Crippen LogP contribution in [0, 0.1) is 21.1 Å².